The van der Waals surface area contributed by atoms with Gasteiger partial charge in [0.2, 0.25) is 15.9 Å². The smallest absolute Gasteiger partial charge is 0.237 e. The van der Waals surface area contributed by atoms with Crippen LogP contribution in [0.15, 0.2) is 24.3 Å². The molecule has 1 aliphatic rings. The van der Waals surface area contributed by atoms with Crippen LogP contribution in [0.5, 0.6) is 0 Å². The lowest BCUT2D eigenvalue weighted by molar-refractivity contribution is -0.128. The van der Waals surface area contributed by atoms with Crippen molar-refractivity contribution in [2.45, 2.75) is 25.5 Å². The van der Waals surface area contributed by atoms with Crippen LogP contribution in [0.2, 0.25) is 0 Å². The third kappa shape index (κ3) is 4.05. The highest BCUT2D eigenvalue weighted by atomic mass is 32.2. The molecule has 0 aromatic heterocycles. The lowest BCUT2D eigenvalue weighted by atomic mass is 10.1. The van der Waals surface area contributed by atoms with Crippen LogP contribution in [0.3, 0.4) is 0 Å². The molecule has 1 heterocycles. The molecule has 1 amide bonds. The van der Waals surface area contributed by atoms with Gasteiger partial charge in [-0.25, -0.2) is 13.1 Å². The highest BCUT2D eigenvalue weighted by Gasteiger charge is 2.20. The van der Waals surface area contributed by atoms with Crippen LogP contribution in [0.4, 0.5) is 0 Å². The molecule has 0 atom stereocenters. The van der Waals surface area contributed by atoms with Gasteiger partial charge in [-0.2, -0.15) is 0 Å². The Morgan fingerprint density at radius 1 is 1.25 bits per heavy atom. The highest BCUT2D eigenvalue weighted by molar-refractivity contribution is 7.88. The molecule has 1 N–H and O–H groups in total. The van der Waals surface area contributed by atoms with Crippen molar-refractivity contribution in [1.29, 1.82) is 0 Å². The molecular formula is C14H20N2O3S. The average Bonchev–Trinajstić information content (AvgIpc) is 2.93. The van der Waals surface area contributed by atoms with Crippen molar-refractivity contribution >= 4 is 15.9 Å². The maximum Gasteiger partial charge on any atom is 0.237 e. The summed E-state index contributed by atoms with van der Waals surface area (Å²) in [5.41, 5.74) is 1.69. The number of rotatable bonds is 5. The van der Waals surface area contributed by atoms with Crippen molar-refractivity contribution in [2.24, 2.45) is 0 Å². The SMILES string of the molecule is Cc1ccccc1CS(=O)(=O)NCC(=O)N1CCCC1. The molecule has 0 radical (unpaired) electrons. The minimum absolute atomic E-state index is 0.0903. The number of likely N-dealkylation sites (tertiary alicyclic amines) is 1. The number of hydrogen-bond acceptors (Lipinski definition) is 3. The molecule has 0 spiro atoms. The second-order valence-electron chi connectivity index (χ2n) is 5.09. The zero-order chi connectivity index (χ0) is 14.6. The van der Waals surface area contributed by atoms with Crippen LogP contribution in [0.1, 0.15) is 24.0 Å². The third-order valence-electron chi connectivity index (χ3n) is 3.51. The van der Waals surface area contributed by atoms with Crippen molar-refractivity contribution in [1.82, 2.24) is 9.62 Å². The Morgan fingerprint density at radius 2 is 1.90 bits per heavy atom. The Hall–Kier alpha value is -1.40. The molecule has 1 aromatic rings. The van der Waals surface area contributed by atoms with E-state index in [0.29, 0.717) is 0 Å². The molecule has 0 bridgehead atoms. The highest BCUT2D eigenvalue weighted by Crippen LogP contribution is 2.11. The number of hydrogen-bond donors (Lipinski definition) is 1. The van der Waals surface area contributed by atoms with Crippen LogP contribution < -0.4 is 4.72 Å². The number of carbonyl (C=O) groups excluding carboxylic acids is 1. The van der Waals surface area contributed by atoms with Gasteiger partial charge in [0.1, 0.15) is 0 Å². The van der Waals surface area contributed by atoms with E-state index in [4.69, 9.17) is 0 Å². The molecule has 1 fully saturated rings. The quantitative estimate of drug-likeness (QED) is 0.883. The van der Waals surface area contributed by atoms with Crippen LogP contribution >= 0.6 is 0 Å². The maximum absolute atomic E-state index is 12.0. The first-order valence-corrected chi connectivity index (χ1v) is 8.43. The van der Waals surface area contributed by atoms with Crippen LogP contribution in [0.25, 0.3) is 0 Å². The first-order chi connectivity index (χ1) is 9.48. The van der Waals surface area contributed by atoms with E-state index in [-0.39, 0.29) is 18.2 Å². The Labute approximate surface area is 120 Å². The van der Waals surface area contributed by atoms with Crippen LogP contribution in [0, 0.1) is 6.92 Å². The summed E-state index contributed by atoms with van der Waals surface area (Å²) in [6, 6.07) is 7.35. The number of sulfonamides is 1. The Bertz CT molecular complexity index is 578. The van der Waals surface area contributed by atoms with E-state index < -0.39 is 10.0 Å². The molecule has 1 aromatic carbocycles. The predicted molar refractivity (Wildman–Crippen MR) is 77.6 cm³/mol. The third-order valence-corrected chi connectivity index (χ3v) is 4.78. The van der Waals surface area contributed by atoms with Crippen LogP contribution in [-0.4, -0.2) is 38.9 Å². The van der Waals surface area contributed by atoms with E-state index in [2.05, 4.69) is 4.72 Å². The number of nitrogens with one attached hydrogen (secondary N) is 1. The minimum Gasteiger partial charge on any atom is -0.342 e. The van der Waals surface area contributed by atoms with Crippen molar-refractivity contribution in [2.75, 3.05) is 19.6 Å². The summed E-state index contributed by atoms with van der Waals surface area (Å²) in [6.45, 7) is 3.20. The summed E-state index contributed by atoms with van der Waals surface area (Å²) in [5, 5.41) is 0. The monoisotopic (exact) mass is 296 g/mol. The molecule has 6 heteroatoms. The number of amides is 1. The van der Waals surface area contributed by atoms with E-state index in [0.717, 1.165) is 37.1 Å². The van der Waals surface area contributed by atoms with Gasteiger partial charge in [-0.05, 0) is 30.9 Å². The lowest BCUT2D eigenvalue weighted by Gasteiger charge is -2.15. The summed E-state index contributed by atoms with van der Waals surface area (Å²) in [5.74, 6) is -0.233. The van der Waals surface area contributed by atoms with E-state index in [1.54, 1.807) is 11.0 Å². The van der Waals surface area contributed by atoms with E-state index in [1.165, 1.54) is 0 Å². The molecule has 5 nitrogen and oxygen atoms in total. The Kier molecular flexibility index (Phi) is 4.77. The van der Waals surface area contributed by atoms with Gasteiger partial charge >= 0.3 is 0 Å². The average molecular weight is 296 g/mol. The molecule has 20 heavy (non-hydrogen) atoms. The van der Waals surface area contributed by atoms with Crippen molar-refractivity contribution in [3.63, 3.8) is 0 Å². The molecular weight excluding hydrogens is 276 g/mol. The topological polar surface area (TPSA) is 66.5 Å². The van der Waals surface area contributed by atoms with Crippen molar-refractivity contribution in [3.05, 3.63) is 35.4 Å². The second kappa shape index (κ2) is 6.37. The van der Waals surface area contributed by atoms with Gasteiger partial charge in [0.15, 0.2) is 0 Å². The molecule has 0 saturated carbocycles. The van der Waals surface area contributed by atoms with Gasteiger partial charge in [0.25, 0.3) is 0 Å². The fraction of sp³-hybridized carbons (Fsp3) is 0.500. The van der Waals surface area contributed by atoms with Gasteiger partial charge in [-0.1, -0.05) is 24.3 Å². The summed E-state index contributed by atoms with van der Waals surface area (Å²) in [6.07, 6.45) is 2.00. The van der Waals surface area contributed by atoms with Gasteiger partial charge in [-0.15, -0.1) is 0 Å². The van der Waals surface area contributed by atoms with Gasteiger partial charge in [0, 0.05) is 13.1 Å². The van der Waals surface area contributed by atoms with Gasteiger partial charge < -0.3 is 4.90 Å². The molecule has 0 unspecified atom stereocenters. The number of nitrogens with zero attached hydrogens (tertiary/aromatic N) is 1. The zero-order valence-corrected chi connectivity index (χ0v) is 12.4. The standard InChI is InChI=1S/C14H20N2O3S/c1-12-6-2-3-7-13(12)11-20(18,19)15-10-14(17)16-8-4-5-9-16/h2-3,6-7,15H,4-5,8-11H2,1H3. The van der Waals surface area contributed by atoms with Crippen LogP contribution in [-0.2, 0) is 20.6 Å². The fourth-order valence-electron chi connectivity index (χ4n) is 2.28. The summed E-state index contributed by atoms with van der Waals surface area (Å²) >= 11 is 0. The van der Waals surface area contributed by atoms with E-state index >= 15 is 0 Å². The largest absolute Gasteiger partial charge is 0.342 e. The van der Waals surface area contributed by atoms with Gasteiger partial charge in [0.05, 0.1) is 12.3 Å². The Morgan fingerprint density at radius 3 is 2.55 bits per heavy atom. The van der Waals surface area contributed by atoms with Crippen molar-refractivity contribution in [3.8, 4) is 0 Å². The molecule has 1 saturated heterocycles. The second-order valence-corrected chi connectivity index (χ2v) is 6.90. The number of carbonyl (C=O) groups is 1. The zero-order valence-electron chi connectivity index (χ0n) is 11.6. The first-order valence-electron chi connectivity index (χ1n) is 6.77. The van der Waals surface area contributed by atoms with Crippen molar-refractivity contribution < 1.29 is 13.2 Å². The summed E-state index contributed by atoms with van der Waals surface area (Å²) in [4.78, 5) is 13.5. The van der Waals surface area contributed by atoms with Gasteiger partial charge in [-0.3, -0.25) is 4.79 Å². The number of benzene rings is 1. The summed E-state index contributed by atoms with van der Waals surface area (Å²) < 4.78 is 26.4. The minimum atomic E-state index is -3.48. The van der Waals surface area contributed by atoms with E-state index in [1.807, 2.05) is 25.1 Å². The van der Waals surface area contributed by atoms with E-state index in [9.17, 15) is 13.2 Å². The normalized spacial score (nSPS) is 15.6. The first kappa shape index (κ1) is 15.0. The predicted octanol–water partition coefficient (Wildman–Crippen LogP) is 1.04. The molecule has 2 rings (SSSR count). The molecule has 0 aliphatic carbocycles. The molecule has 1 aliphatic heterocycles. The lowest BCUT2D eigenvalue weighted by Crippen LogP contribution is -2.39. The molecule has 110 valence electrons. The Balaban J connectivity index is 1.91. The summed E-state index contributed by atoms with van der Waals surface area (Å²) in [7, 11) is -3.48. The number of aryl methyl sites for hydroxylation is 1. The maximum atomic E-state index is 12.0. The fourth-order valence-corrected chi connectivity index (χ4v) is 3.46.